The van der Waals surface area contributed by atoms with Gasteiger partial charge in [0.2, 0.25) is 5.95 Å². The number of benzene rings is 1. The Hall–Kier alpha value is -4.66. The molecular weight excluding hydrogens is 558 g/mol. The number of hydrogen-bond donors (Lipinski definition) is 2. The first-order valence-electron chi connectivity index (χ1n) is 11.5. The number of anilines is 3. The van der Waals surface area contributed by atoms with E-state index in [1.54, 1.807) is 31.0 Å². The zero-order valence-corrected chi connectivity index (χ0v) is 22.1. The van der Waals surface area contributed by atoms with Gasteiger partial charge in [0.05, 0.1) is 35.9 Å². The van der Waals surface area contributed by atoms with Crippen molar-refractivity contribution in [3.63, 3.8) is 0 Å². The average molecular weight is 578 g/mol. The summed E-state index contributed by atoms with van der Waals surface area (Å²) in [6, 6.07) is 1.54. The monoisotopic (exact) mass is 577 g/mol. The van der Waals surface area contributed by atoms with Crippen LogP contribution in [0.4, 0.5) is 35.0 Å². The van der Waals surface area contributed by atoms with Gasteiger partial charge in [-0.3, -0.25) is 4.79 Å². The summed E-state index contributed by atoms with van der Waals surface area (Å²) in [5.74, 6) is -1.46. The van der Waals surface area contributed by atoms with Crippen LogP contribution in [0.15, 0.2) is 36.9 Å². The van der Waals surface area contributed by atoms with Gasteiger partial charge in [-0.2, -0.15) is 23.3 Å². The Labute approximate surface area is 228 Å². The van der Waals surface area contributed by atoms with Crippen LogP contribution in [-0.2, 0) is 13.2 Å². The van der Waals surface area contributed by atoms with Gasteiger partial charge in [-0.1, -0.05) is 11.6 Å². The third kappa shape index (κ3) is 4.68. The fourth-order valence-corrected chi connectivity index (χ4v) is 4.21. The highest BCUT2D eigenvalue weighted by Gasteiger charge is 2.37. The summed E-state index contributed by atoms with van der Waals surface area (Å²) < 4.78 is 64.4. The van der Waals surface area contributed by atoms with Gasteiger partial charge in [-0.15, -0.1) is 0 Å². The second kappa shape index (κ2) is 9.82. The van der Waals surface area contributed by atoms with Crippen LogP contribution in [0.1, 0.15) is 15.9 Å². The molecule has 5 rings (SSSR count). The van der Waals surface area contributed by atoms with Gasteiger partial charge < -0.3 is 24.8 Å². The number of aryl methyl sites for hydroxylation is 1. The van der Waals surface area contributed by atoms with E-state index in [4.69, 9.17) is 16.3 Å². The average Bonchev–Trinajstić information content (AvgIpc) is 3.45. The van der Waals surface area contributed by atoms with Crippen LogP contribution in [0.5, 0.6) is 11.5 Å². The molecule has 0 aliphatic carbocycles. The predicted molar refractivity (Wildman–Crippen MR) is 139 cm³/mol. The molecule has 0 spiro atoms. The molecule has 0 unspecified atom stereocenters. The first-order chi connectivity index (χ1) is 18.9. The number of fused-ring (bicyclic) bond motifs is 2. The number of ether oxygens (including phenoxy) is 1. The molecule has 0 bridgehead atoms. The van der Waals surface area contributed by atoms with Crippen LogP contribution in [0, 0.1) is 5.82 Å². The number of hydrogen-bond acceptors (Lipinski definition) is 8. The van der Waals surface area contributed by atoms with E-state index in [0.29, 0.717) is 28.7 Å². The molecule has 11 nitrogen and oxygen atoms in total. The van der Waals surface area contributed by atoms with Crippen LogP contribution in [0.2, 0.25) is 5.02 Å². The minimum absolute atomic E-state index is 0.0318. The maximum atomic E-state index is 14.7. The second-order valence-corrected chi connectivity index (χ2v) is 9.15. The van der Waals surface area contributed by atoms with Gasteiger partial charge in [0.1, 0.15) is 27.7 Å². The first-order valence-corrected chi connectivity index (χ1v) is 11.9. The number of carbonyl (C=O) groups is 1. The minimum Gasteiger partial charge on any atom is -0.450 e. The summed E-state index contributed by atoms with van der Waals surface area (Å²) in [6.07, 6.45) is 1.00. The molecule has 40 heavy (non-hydrogen) atoms. The Morgan fingerprint density at radius 1 is 1.12 bits per heavy atom. The lowest BCUT2D eigenvalue weighted by molar-refractivity contribution is -0.140. The summed E-state index contributed by atoms with van der Waals surface area (Å²) >= 11 is 6.63. The van der Waals surface area contributed by atoms with E-state index in [1.807, 2.05) is 0 Å². The highest BCUT2D eigenvalue weighted by Crippen LogP contribution is 2.38. The van der Waals surface area contributed by atoms with E-state index in [9.17, 15) is 22.4 Å². The smallest absolute Gasteiger partial charge is 0.419 e. The molecule has 5 aromatic rings. The number of alkyl halides is 3. The quantitative estimate of drug-likeness (QED) is 0.268. The number of carbonyl (C=O) groups excluding carboxylic acids is 1. The lowest BCUT2D eigenvalue weighted by Crippen LogP contribution is -2.24. The van der Waals surface area contributed by atoms with Crippen LogP contribution in [0.3, 0.4) is 0 Å². The normalized spacial score (nSPS) is 11.7. The summed E-state index contributed by atoms with van der Waals surface area (Å²) in [4.78, 5) is 26.2. The molecular formula is C24H20ClF4N9O2. The van der Waals surface area contributed by atoms with Crippen molar-refractivity contribution in [1.29, 1.82) is 0 Å². The third-order valence-corrected chi connectivity index (χ3v) is 6.29. The SMILES string of the molecule is CNc1cn2ncc(Oc3cnc4nc(Nc5cc(C(=O)N(C)C)c(F)c(C(F)(F)F)c5)n(C)c4c3Cl)c2cn1. The molecule has 0 aliphatic rings. The lowest BCUT2D eigenvalue weighted by atomic mass is 10.1. The Balaban J connectivity index is 1.52. The fourth-order valence-electron chi connectivity index (χ4n) is 3.91. The van der Waals surface area contributed by atoms with Gasteiger partial charge >= 0.3 is 6.18 Å². The standard InChI is InChI=1S/C24H20ClF4N9O2/c1-30-17-10-38-14(7-31-17)15(9-33-38)40-16-8-32-21-20(18(16)25)37(4)23(35-21)34-11-5-12(22(39)36(2)3)19(26)13(6-11)24(27,28)29/h5-10,30H,1-4H3,(H,32,34,35). The number of rotatable bonds is 6. The molecule has 208 valence electrons. The largest absolute Gasteiger partial charge is 0.450 e. The maximum Gasteiger partial charge on any atom is 0.419 e. The van der Waals surface area contributed by atoms with Gasteiger partial charge in [0.25, 0.3) is 5.91 Å². The second-order valence-electron chi connectivity index (χ2n) is 8.77. The summed E-state index contributed by atoms with van der Waals surface area (Å²) in [7, 11) is 5.88. The number of amides is 1. The summed E-state index contributed by atoms with van der Waals surface area (Å²) in [6.45, 7) is 0. The first kappa shape index (κ1) is 26.9. The van der Waals surface area contributed by atoms with E-state index in [0.717, 1.165) is 11.0 Å². The molecule has 1 aromatic carbocycles. The molecule has 0 fully saturated rings. The van der Waals surface area contributed by atoms with Crippen molar-refractivity contribution in [2.45, 2.75) is 6.18 Å². The van der Waals surface area contributed by atoms with Crippen molar-refractivity contribution in [1.82, 2.24) is 34.0 Å². The third-order valence-electron chi connectivity index (χ3n) is 5.92. The van der Waals surface area contributed by atoms with Crippen LogP contribution in [-0.4, -0.2) is 61.1 Å². The Bertz CT molecular complexity index is 1780. The summed E-state index contributed by atoms with van der Waals surface area (Å²) in [5.41, 5.74) is -1.55. The fraction of sp³-hybridized carbons (Fsp3) is 0.208. The highest BCUT2D eigenvalue weighted by atomic mass is 35.5. The maximum absolute atomic E-state index is 14.7. The Kier molecular flexibility index (Phi) is 6.61. The Morgan fingerprint density at radius 3 is 2.55 bits per heavy atom. The number of imidazole rings is 1. The topological polar surface area (TPSA) is 114 Å². The molecule has 16 heteroatoms. The van der Waals surface area contributed by atoms with Gasteiger partial charge in [0.15, 0.2) is 17.1 Å². The van der Waals surface area contributed by atoms with Crippen LogP contribution < -0.4 is 15.4 Å². The van der Waals surface area contributed by atoms with E-state index >= 15 is 0 Å². The lowest BCUT2D eigenvalue weighted by Gasteiger charge is -2.17. The molecule has 0 saturated heterocycles. The molecule has 4 heterocycles. The Morgan fingerprint density at radius 2 is 1.88 bits per heavy atom. The number of pyridine rings is 1. The van der Waals surface area contributed by atoms with Crippen molar-refractivity contribution < 1.29 is 27.1 Å². The van der Waals surface area contributed by atoms with Gasteiger partial charge in [-0.05, 0) is 12.1 Å². The van der Waals surface area contributed by atoms with Crippen molar-refractivity contribution in [3.05, 3.63) is 58.9 Å². The number of halogens is 5. The van der Waals surface area contributed by atoms with Crippen molar-refractivity contribution >= 4 is 51.6 Å². The summed E-state index contributed by atoms with van der Waals surface area (Å²) in [5, 5.41) is 9.97. The van der Waals surface area contributed by atoms with Crippen molar-refractivity contribution in [2.24, 2.45) is 7.05 Å². The molecule has 4 aromatic heterocycles. The van der Waals surface area contributed by atoms with Gasteiger partial charge in [-0.25, -0.2) is 18.9 Å². The van der Waals surface area contributed by atoms with Crippen LogP contribution in [0.25, 0.3) is 16.7 Å². The molecule has 1 amide bonds. The molecule has 0 aliphatic heterocycles. The number of aromatic nitrogens is 6. The molecule has 0 radical (unpaired) electrons. The van der Waals surface area contributed by atoms with E-state index in [2.05, 4.69) is 30.7 Å². The zero-order chi connectivity index (χ0) is 28.9. The van der Waals surface area contributed by atoms with Crippen molar-refractivity contribution in [2.75, 3.05) is 31.8 Å². The van der Waals surface area contributed by atoms with E-state index in [-0.39, 0.29) is 28.1 Å². The zero-order valence-electron chi connectivity index (χ0n) is 21.3. The van der Waals surface area contributed by atoms with Crippen LogP contribution >= 0.6 is 11.6 Å². The number of nitrogens with one attached hydrogen (secondary N) is 2. The van der Waals surface area contributed by atoms with E-state index in [1.165, 1.54) is 31.1 Å². The molecule has 2 N–H and O–H groups in total. The predicted octanol–water partition coefficient (Wildman–Crippen LogP) is 5.10. The number of nitrogens with zero attached hydrogens (tertiary/aromatic N) is 7. The molecule has 0 atom stereocenters. The van der Waals surface area contributed by atoms with E-state index < -0.39 is 29.0 Å². The minimum atomic E-state index is -5.05. The molecule has 0 saturated carbocycles. The highest BCUT2D eigenvalue weighted by molar-refractivity contribution is 6.36. The van der Waals surface area contributed by atoms with Crippen molar-refractivity contribution in [3.8, 4) is 11.5 Å². The van der Waals surface area contributed by atoms with Gasteiger partial charge in [0, 0.05) is 33.9 Å².